The Hall–Kier alpha value is -4.26. The first-order valence-electron chi connectivity index (χ1n) is 9.20. The molecule has 1 N–H and O–H groups in total. The summed E-state index contributed by atoms with van der Waals surface area (Å²) in [6, 6.07) is 12.7. The lowest BCUT2D eigenvalue weighted by Crippen LogP contribution is -3.00. The lowest BCUT2D eigenvalue weighted by atomic mass is 10.1. The number of aryl methyl sites for hydroxylation is 1. The number of halogens is 1. The van der Waals surface area contributed by atoms with Crippen molar-refractivity contribution in [2.24, 2.45) is 5.10 Å². The smallest absolute Gasteiger partial charge is 0.301 e. The molecule has 1 heterocycles. The Morgan fingerprint density at radius 3 is 2.15 bits per heavy atom. The number of rotatable bonds is 8. The number of pyridine rings is 1. The Labute approximate surface area is 197 Å². The van der Waals surface area contributed by atoms with E-state index < -0.39 is 26.1 Å². The van der Waals surface area contributed by atoms with Gasteiger partial charge in [-0.3, -0.25) is 35.8 Å². The predicted molar refractivity (Wildman–Crippen MR) is 114 cm³/mol. The van der Waals surface area contributed by atoms with E-state index in [0.717, 1.165) is 17.7 Å². The molecular formula is C20H17BrN6O6. The van der Waals surface area contributed by atoms with E-state index in [-0.39, 0.29) is 34.9 Å². The molecule has 0 bridgehead atoms. The molecule has 0 fully saturated rings. The second kappa shape index (κ2) is 10.9. The first-order valence-corrected chi connectivity index (χ1v) is 9.20. The number of nitro benzene ring substituents is 3. The third-order valence-corrected chi connectivity index (χ3v) is 4.45. The fourth-order valence-electron chi connectivity index (χ4n) is 2.90. The molecule has 0 atom stereocenters. The molecule has 0 aliphatic heterocycles. The van der Waals surface area contributed by atoms with E-state index in [4.69, 9.17) is 0 Å². The van der Waals surface area contributed by atoms with Crippen LogP contribution in [0.3, 0.4) is 0 Å². The van der Waals surface area contributed by atoms with Crippen LogP contribution in [0.15, 0.2) is 72.1 Å². The Bertz CT molecular complexity index is 1230. The summed E-state index contributed by atoms with van der Waals surface area (Å²) in [7, 11) is 0. The van der Waals surface area contributed by atoms with Crippen LogP contribution in [0.1, 0.15) is 11.1 Å². The second-order valence-corrected chi connectivity index (χ2v) is 6.74. The monoisotopic (exact) mass is 516 g/mol. The molecule has 33 heavy (non-hydrogen) atoms. The van der Waals surface area contributed by atoms with Crippen molar-refractivity contribution in [2.75, 3.05) is 5.43 Å². The lowest BCUT2D eigenvalue weighted by Gasteiger charge is -2.07. The van der Waals surface area contributed by atoms with Crippen LogP contribution in [0.25, 0.3) is 0 Å². The van der Waals surface area contributed by atoms with Gasteiger partial charge in [0.15, 0.2) is 18.9 Å². The Balaban J connectivity index is 0.00000385. The van der Waals surface area contributed by atoms with Crippen LogP contribution in [0.4, 0.5) is 22.7 Å². The first kappa shape index (κ1) is 25.0. The average molecular weight is 517 g/mol. The van der Waals surface area contributed by atoms with Crippen LogP contribution in [0.2, 0.25) is 0 Å². The van der Waals surface area contributed by atoms with Crippen LogP contribution < -0.4 is 27.0 Å². The Morgan fingerprint density at radius 2 is 1.58 bits per heavy atom. The summed E-state index contributed by atoms with van der Waals surface area (Å²) in [6.45, 7) is 2.17. The zero-order valence-electron chi connectivity index (χ0n) is 17.1. The minimum absolute atomic E-state index is 0. The molecule has 12 nitrogen and oxygen atoms in total. The van der Waals surface area contributed by atoms with Gasteiger partial charge in [-0.1, -0.05) is 0 Å². The molecule has 2 aromatic carbocycles. The third-order valence-electron chi connectivity index (χ3n) is 4.45. The maximum atomic E-state index is 11.4. The third kappa shape index (κ3) is 6.36. The highest BCUT2D eigenvalue weighted by atomic mass is 79.9. The highest BCUT2D eigenvalue weighted by Crippen LogP contribution is 2.29. The standard InChI is InChI=1S/C20H17N6O6.BrH/c1-14-3-2-10-23(12-14)13-19(15-4-6-16(7-5-15)24(27)28)22-21-18-9-8-17(25(29)30)11-20(18)26(31)32;/h2-12,21H,13H2,1H3;1H/q+1;/p-1/b22-19+;. The van der Waals surface area contributed by atoms with Crippen molar-refractivity contribution in [3.8, 4) is 0 Å². The van der Waals surface area contributed by atoms with Crippen LogP contribution in [-0.2, 0) is 6.54 Å². The summed E-state index contributed by atoms with van der Waals surface area (Å²) in [6.07, 6.45) is 3.68. The van der Waals surface area contributed by atoms with Gasteiger partial charge in [-0.05, 0) is 31.2 Å². The Kier molecular flexibility index (Phi) is 8.23. The van der Waals surface area contributed by atoms with Gasteiger partial charge in [0.2, 0.25) is 0 Å². The number of aromatic nitrogens is 1. The van der Waals surface area contributed by atoms with E-state index >= 15 is 0 Å². The summed E-state index contributed by atoms with van der Waals surface area (Å²) in [5.41, 5.74) is 3.55. The molecule has 0 aliphatic rings. The van der Waals surface area contributed by atoms with E-state index in [9.17, 15) is 30.3 Å². The molecule has 3 rings (SSSR count). The number of nitrogens with zero attached hydrogens (tertiary/aromatic N) is 5. The van der Waals surface area contributed by atoms with Gasteiger partial charge in [0.25, 0.3) is 11.4 Å². The van der Waals surface area contributed by atoms with E-state index in [2.05, 4.69) is 10.5 Å². The Morgan fingerprint density at radius 1 is 0.939 bits per heavy atom. The second-order valence-electron chi connectivity index (χ2n) is 6.74. The topological polar surface area (TPSA) is 158 Å². The zero-order chi connectivity index (χ0) is 23.3. The number of anilines is 1. The van der Waals surface area contributed by atoms with Gasteiger partial charge < -0.3 is 17.0 Å². The number of hydrogen-bond donors (Lipinski definition) is 1. The van der Waals surface area contributed by atoms with E-state index in [1.807, 2.05) is 36.0 Å². The highest BCUT2D eigenvalue weighted by Gasteiger charge is 2.20. The van der Waals surface area contributed by atoms with Crippen molar-refractivity contribution in [3.05, 3.63) is 108 Å². The molecule has 1 aromatic heterocycles. The van der Waals surface area contributed by atoms with Crippen molar-refractivity contribution in [2.45, 2.75) is 13.5 Å². The predicted octanol–water partition coefficient (Wildman–Crippen LogP) is 0.528. The molecule has 0 saturated heterocycles. The molecule has 0 amide bonds. The van der Waals surface area contributed by atoms with Gasteiger partial charge in [-0.15, -0.1) is 0 Å². The summed E-state index contributed by atoms with van der Waals surface area (Å²) >= 11 is 0. The number of nitrogens with one attached hydrogen (secondary N) is 1. The maximum absolute atomic E-state index is 11.4. The summed E-state index contributed by atoms with van der Waals surface area (Å²) in [4.78, 5) is 31.3. The lowest BCUT2D eigenvalue weighted by molar-refractivity contribution is -0.682. The number of non-ortho nitro benzene ring substituents is 2. The minimum atomic E-state index is -0.744. The zero-order valence-corrected chi connectivity index (χ0v) is 18.7. The largest absolute Gasteiger partial charge is 1.00 e. The fraction of sp³-hybridized carbons (Fsp3) is 0.100. The van der Waals surface area contributed by atoms with Gasteiger partial charge in [0.05, 0.1) is 20.8 Å². The number of hydrazone groups is 1. The van der Waals surface area contributed by atoms with Crippen molar-refractivity contribution in [3.63, 3.8) is 0 Å². The summed E-state index contributed by atoms with van der Waals surface area (Å²) in [5, 5.41) is 37.5. The quantitative estimate of drug-likeness (QED) is 0.198. The molecule has 0 saturated carbocycles. The van der Waals surface area contributed by atoms with Crippen molar-refractivity contribution >= 4 is 28.5 Å². The molecule has 0 spiro atoms. The van der Waals surface area contributed by atoms with Crippen LogP contribution >= 0.6 is 0 Å². The van der Waals surface area contributed by atoms with Crippen LogP contribution in [0, 0.1) is 37.3 Å². The van der Waals surface area contributed by atoms with Gasteiger partial charge >= 0.3 is 5.69 Å². The van der Waals surface area contributed by atoms with Crippen molar-refractivity contribution in [1.82, 2.24) is 0 Å². The molecule has 0 unspecified atom stereocenters. The van der Waals surface area contributed by atoms with Gasteiger partial charge in [-0.2, -0.15) is 9.67 Å². The summed E-state index contributed by atoms with van der Waals surface area (Å²) < 4.78 is 1.83. The molecular weight excluding hydrogens is 500 g/mol. The first-order chi connectivity index (χ1) is 15.2. The van der Waals surface area contributed by atoms with Gasteiger partial charge in [0.1, 0.15) is 11.4 Å². The molecule has 3 aromatic rings. The molecule has 0 radical (unpaired) electrons. The van der Waals surface area contributed by atoms with Gasteiger partial charge in [0, 0.05) is 35.4 Å². The molecule has 13 heteroatoms. The maximum Gasteiger partial charge on any atom is 0.301 e. The van der Waals surface area contributed by atoms with Crippen molar-refractivity contribution in [1.29, 1.82) is 0 Å². The highest BCUT2D eigenvalue weighted by molar-refractivity contribution is 6.00. The average Bonchev–Trinajstić information content (AvgIpc) is 2.76. The number of benzene rings is 2. The normalized spacial score (nSPS) is 10.8. The van der Waals surface area contributed by atoms with E-state index in [0.29, 0.717) is 11.3 Å². The van der Waals surface area contributed by atoms with E-state index in [1.165, 1.54) is 30.3 Å². The fourth-order valence-corrected chi connectivity index (χ4v) is 2.90. The molecule has 170 valence electrons. The SMILES string of the molecule is Cc1ccc[n+](C/C(=N\Nc2ccc([N+](=O)[O-])cc2[N+](=O)[O-])c2ccc([N+](=O)[O-])cc2)c1.[Br-]. The molecule has 0 aliphatic carbocycles. The summed E-state index contributed by atoms with van der Waals surface area (Å²) in [5.74, 6) is 0. The number of hydrogen-bond acceptors (Lipinski definition) is 8. The van der Waals surface area contributed by atoms with Crippen molar-refractivity contribution < 1.29 is 36.3 Å². The van der Waals surface area contributed by atoms with Crippen LogP contribution in [0.5, 0.6) is 0 Å². The van der Waals surface area contributed by atoms with Gasteiger partial charge in [-0.25, -0.2) is 0 Å². The number of nitro groups is 3. The minimum Gasteiger partial charge on any atom is -1.00 e. The van der Waals surface area contributed by atoms with Crippen LogP contribution in [-0.4, -0.2) is 20.5 Å². The van der Waals surface area contributed by atoms with E-state index in [1.54, 1.807) is 0 Å².